The molecule has 0 aromatic heterocycles. The van der Waals surface area contributed by atoms with E-state index in [1.165, 1.54) is 11.1 Å². The summed E-state index contributed by atoms with van der Waals surface area (Å²) in [5.74, 6) is 0. The van der Waals surface area contributed by atoms with Crippen LogP contribution < -0.4 is 5.32 Å². The van der Waals surface area contributed by atoms with Gasteiger partial charge in [-0.2, -0.15) is 0 Å². The molecule has 0 fully saturated rings. The van der Waals surface area contributed by atoms with Crippen LogP contribution in [-0.2, 0) is 5.54 Å². The van der Waals surface area contributed by atoms with Crippen molar-refractivity contribution < 1.29 is 0 Å². The molecule has 2 aromatic rings. The van der Waals surface area contributed by atoms with Gasteiger partial charge in [0, 0.05) is 5.54 Å². The summed E-state index contributed by atoms with van der Waals surface area (Å²) in [6, 6.07) is 21.0. The first-order valence-electron chi connectivity index (χ1n) is 6.64. The zero-order valence-electron chi connectivity index (χ0n) is 11.6. The van der Waals surface area contributed by atoms with E-state index in [2.05, 4.69) is 74.3 Å². The second-order valence-corrected chi connectivity index (χ2v) is 5.26. The maximum absolute atomic E-state index is 3.95. The molecule has 0 saturated carbocycles. The molecule has 0 aliphatic heterocycles. The van der Waals surface area contributed by atoms with E-state index in [4.69, 9.17) is 0 Å². The van der Waals surface area contributed by atoms with Gasteiger partial charge in [-0.25, -0.2) is 0 Å². The van der Waals surface area contributed by atoms with Crippen LogP contribution in [0.3, 0.4) is 0 Å². The molecule has 0 heterocycles. The van der Waals surface area contributed by atoms with Gasteiger partial charge < -0.3 is 0 Å². The van der Waals surface area contributed by atoms with Gasteiger partial charge in [0.2, 0.25) is 0 Å². The molecular formula is C18H21N. The lowest BCUT2D eigenvalue weighted by Gasteiger charge is -2.31. The smallest absolute Gasteiger partial charge is 0.0510 e. The van der Waals surface area contributed by atoms with E-state index in [1.807, 2.05) is 18.2 Å². The second kappa shape index (κ2) is 5.85. The summed E-state index contributed by atoms with van der Waals surface area (Å²) in [7, 11) is 0. The maximum Gasteiger partial charge on any atom is 0.0510 e. The third-order valence-corrected chi connectivity index (χ3v) is 3.41. The lowest BCUT2D eigenvalue weighted by molar-refractivity contribution is 0.375. The molecule has 2 aromatic carbocycles. The van der Waals surface area contributed by atoms with Gasteiger partial charge in [0.25, 0.3) is 0 Å². The highest BCUT2D eigenvalue weighted by Gasteiger charge is 2.23. The van der Waals surface area contributed by atoms with Crippen molar-refractivity contribution in [1.29, 1.82) is 0 Å². The third-order valence-electron chi connectivity index (χ3n) is 3.41. The molecule has 0 radical (unpaired) electrons. The van der Waals surface area contributed by atoms with Crippen molar-refractivity contribution in [3.63, 3.8) is 0 Å². The summed E-state index contributed by atoms with van der Waals surface area (Å²) >= 11 is 0. The van der Waals surface area contributed by atoms with Crippen molar-refractivity contribution in [2.45, 2.75) is 25.4 Å². The molecule has 1 N–H and O–H groups in total. The average Bonchev–Trinajstić information content (AvgIpc) is 2.47. The van der Waals surface area contributed by atoms with Crippen LogP contribution in [0.1, 0.15) is 31.0 Å². The number of nitrogens with one attached hydrogen (secondary N) is 1. The molecule has 0 amide bonds. The minimum atomic E-state index is -0.101. The van der Waals surface area contributed by atoms with E-state index in [0.29, 0.717) is 0 Å². The van der Waals surface area contributed by atoms with Gasteiger partial charge in [-0.15, -0.1) is 6.58 Å². The number of benzene rings is 2. The average molecular weight is 251 g/mol. The molecule has 1 heteroatoms. The fraction of sp³-hybridized carbons (Fsp3) is 0.222. The molecule has 1 unspecified atom stereocenters. The predicted molar refractivity (Wildman–Crippen MR) is 82.0 cm³/mol. The summed E-state index contributed by atoms with van der Waals surface area (Å²) in [5.41, 5.74) is 2.41. The van der Waals surface area contributed by atoms with Crippen molar-refractivity contribution in [2.24, 2.45) is 0 Å². The van der Waals surface area contributed by atoms with Gasteiger partial charge >= 0.3 is 0 Å². The lowest BCUT2D eigenvalue weighted by atomic mass is 9.92. The standard InChI is InChI=1S/C18H21N/c1-4-17(15-11-7-5-8-12-15)19-18(2,3)16-13-9-6-10-14-16/h4-14,17,19H,1H2,2-3H3. The van der Waals surface area contributed by atoms with Crippen molar-refractivity contribution in [1.82, 2.24) is 5.32 Å². The summed E-state index contributed by atoms with van der Waals surface area (Å²) in [5, 5.41) is 3.66. The number of hydrogen-bond acceptors (Lipinski definition) is 1. The van der Waals surface area contributed by atoms with Crippen LogP contribution in [0.5, 0.6) is 0 Å². The summed E-state index contributed by atoms with van der Waals surface area (Å²) in [6.07, 6.45) is 1.96. The lowest BCUT2D eigenvalue weighted by Crippen LogP contribution is -2.38. The summed E-state index contributed by atoms with van der Waals surface area (Å²) in [6.45, 7) is 8.35. The Morgan fingerprint density at radius 1 is 0.947 bits per heavy atom. The van der Waals surface area contributed by atoms with Crippen LogP contribution in [0.25, 0.3) is 0 Å². The third kappa shape index (κ3) is 3.33. The molecule has 1 atom stereocenters. The highest BCUT2D eigenvalue weighted by Crippen LogP contribution is 2.25. The molecule has 98 valence electrons. The highest BCUT2D eigenvalue weighted by atomic mass is 15.0. The monoisotopic (exact) mass is 251 g/mol. The van der Waals surface area contributed by atoms with Crippen molar-refractivity contribution in [3.8, 4) is 0 Å². The van der Waals surface area contributed by atoms with Crippen LogP contribution in [0.2, 0.25) is 0 Å². The first-order chi connectivity index (χ1) is 9.13. The summed E-state index contributed by atoms with van der Waals surface area (Å²) in [4.78, 5) is 0. The fourth-order valence-corrected chi connectivity index (χ4v) is 2.27. The van der Waals surface area contributed by atoms with Gasteiger partial charge in [0.05, 0.1) is 6.04 Å². The minimum Gasteiger partial charge on any atom is -0.298 e. The Balaban J connectivity index is 2.21. The van der Waals surface area contributed by atoms with Crippen LogP contribution in [0.15, 0.2) is 73.3 Å². The van der Waals surface area contributed by atoms with Gasteiger partial charge in [-0.05, 0) is 25.0 Å². The van der Waals surface area contributed by atoms with Crippen LogP contribution in [0, 0.1) is 0 Å². The molecule has 2 rings (SSSR count). The Hall–Kier alpha value is -1.86. The first-order valence-corrected chi connectivity index (χ1v) is 6.64. The largest absolute Gasteiger partial charge is 0.298 e. The quantitative estimate of drug-likeness (QED) is 0.775. The summed E-state index contributed by atoms with van der Waals surface area (Å²) < 4.78 is 0. The van der Waals surface area contributed by atoms with E-state index >= 15 is 0 Å². The molecule has 0 spiro atoms. The van der Waals surface area contributed by atoms with E-state index in [1.54, 1.807) is 0 Å². The van der Waals surface area contributed by atoms with Crippen LogP contribution in [0.4, 0.5) is 0 Å². The van der Waals surface area contributed by atoms with Crippen molar-refractivity contribution >= 4 is 0 Å². The Labute approximate surface area is 116 Å². The molecule has 0 aliphatic carbocycles. The zero-order chi connectivity index (χ0) is 13.7. The van der Waals surface area contributed by atoms with Crippen LogP contribution in [-0.4, -0.2) is 0 Å². The Morgan fingerprint density at radius 2 is 1.47 bits per heavy atom. The van der Waals surface area contributed by atoms with E-state index in [9.17, 15) is 0 Å². The van der Waals surface area contributed by atoms with E-state index < -0.39 is 0 Å². The minimum absolute atomic E-state index is 0.101. The molecule has 0 saturated heterocycles. The van der Waals surface area contributed by atoms with E-state index in [-0.39, 0.29) is 11.6 Å². The number of hydrogen-bond donors (Lipinski definition) is 1. The first kappa shape index (κ1) is 13.6. The molecule has 1 nitrogen and oxygen atoms in total. The zero-order valence-corrected chi connectivity index (χ0v) is 11.6. The normalized spacial score (nSPS) is 12.9. The number of rotatable bonds is 5. The van der Waals surface area contributed by atoms with Crippen molar-refractivity contribution in [3.05, 3.63) is 84.4 Å². The van der Waals surface area contributed by atoms with Gasteiger partial charge in [0.1, 0.15) is 0 Å². The predicted octanol–water partition coefficient (Wildman–Crippen LogP) is 4.44. The van der Waals surface area contributed by atoms with Gasteiger partial charge in [-0.1, -0.05) is 66.7 Å². The van der Waals surface area contributed by atoms with Crippen LogP contribution >= 0.6 is 0 Å². The van der Waals surface area contributed by atoms with Gasteiger partial charge in [-0.3, -0.25) is 5.32 Å². The molecule has 0 bridgehead atoms. The Bertz CT molecular complexity index is 514. The molecule has 0 aliphatic rings. The Morgan fingerprint density at radius 3 is 2.00 bits per heavy atom. The van der Waals surface area contributed by atoms with Gasteiger partial charge in [0.15, 0.2) is 0 Å². The van der Waals surface area contributed by atoms with Crippen molar-refractivity contribution in [2.75, 3.05) is 0 Å². The SMILES string of the molecule is C=CC(NC(C)(C)c1ccccc1)c1ccccc1. The Kier molecular flexibility index (Phi) is 4.18. The topological polar surface area (TPSA) is 12.0 Å². The maximum atomic E-state index is 3.95. The second-order valence-electron chi connectivity index (χ2n) is 5.26. The molecule has 19 heavy (non-hydrogen) atoms. The fourth-order valence-electron chi connectivity index (χ4n) is 2.27. The van der Waals surface area contributed by atoms with E-state index in [0.717, 1.165) is 0 Å². The molecular weight excluding hydrogens is 230 g/mol. The highest BCUT2D eigenvalue weighted by molar-refractivity contribution is 5.27.